The van der Waals surface area contributed by atoms with Gasteiger partial charge in [0.05, 0.1) is 11.5 Å². The molecule has 4 heterocycles. The lowest BCUT2D eigenvalue weighted by molar-refractivity contribution is -0.131. The van der Waals surface area contributed by atoms with Crippen molar-refractivity contribution in [3.63, 3.8) is 0 Å². The Morgan fingerprint density at radius 3 is 3.05 bits per heavy atom. The first-order valence-corrected chi connectivity index (χ1v) is 8.53. The van der Waals surface area contributed by atoms with Crippen LogP contribution in [0.5, 0.6) is 0 Å². The molecule has 1 unspecified atom stereocenters. The van der Waals surface area contributed by atoms with Gasteiger partial charge in [-0.1, -0.05) is 0 Å². The van der Waals surface area contributed by atoms with Crippen molar-refractivity contribution in [3.05, 3.63) is 17.8 Å². The Hall–Kier alpha value is -1.73. The standard InChI is InChI=1S/C15H18N4O2S/c20-10-3-6-18(8-10)15(21)12-2-1-5-19(12)13-11-4-7-22-14(11)17-9-16-13/h4,7,9-10,12,20H,1-3,5-6,8H2/t10-,12?/m0/s1. The lowest BCUT2D eigenvalue weighted by Gasteiger charge is -2.28. The summed E-state index contributed by atoms with van der Waals surface area (Å²) in [4.78, 5) is 26.4. The molecule has 0 radical (unpaired) electrons. The van der Waals surface area contributed by atoms with Gasteiger partial charge in [-0.15, -0.1) is 11.3 Å². The number of aromatic nitrogens is 2. The van der Waals surface area contributed by atoms with Gasteiger partial charge in [-0.3, -0.25) is 4.79 Å². The summed E-state index contributed by atoms with van der Waals surface area (Å²) in [5.74, 6) is 0.984. The molecule has 0 bridgehead atoms. The summed E-state index contributed by atoms with van der Waals surface area (Å²) in [5, 5.41) is 12.7. The van der Waals surface area contributed by atoms with Gasteiger partial charge < -0.3 is 14.9 Å². The second-order valence-electron chi connectivity index (χ2n) is 5.91. The maximum absolute atomic E-state index is 12.8. The molecule has 22 heavy (non-hydrogen) atoms. The van der Waals surface area contributed by atoms with E-state index in [0.717, 1.165) is 35.4 Å². The van der Waals surface area contributed by atoms with Crippen LogP contribution in [0.2, 0.25) is 0 Å². The average molecular weight is 318 g/mol. The minimum Gasteiger partial charge on any atom is -0.391 e. The fraction of sp³-hybridized carbons (Fsp3) is 0.533. The van der Waals surface area contributed by atoms with Crippen LogP contribution in [-0.4, -0.2) is 57.7 Å². The van der Waals surface area contributed by atoms with Crippen molar-refractivity contribution < 1.29 is 9.90 Å². The Balaban J connectivity index is 1.63. The molecule has 1 N–H and O–H groups in total. The largest absolute Gasteiger partial charge is 0.391 e. The van der Waals surface area contributed by atoms with Crippen molar-refractivity contribution in [1.82, 2.24) is 14.9 Å². The van der Waals surface area contributed by atoms with Crippen LogP contribution < -0.4 is 4.90 Å². The lowest BCUT2D eigenvalue weighted by atomic mass is 10.2. The fourth-order valence-corrected chi connectivity index (χ4v) is 4.16. The number of carbonyl (C=O) groups excluding carboxylic acids is 1. The van der Waals surface area contributed by atoms with Gasteiger partial charge in [0.2, 0.25) is 5.91 Å². The molecular weight excluding hydrogens is 300 g/mol. The van der Waals surface area contributed by atoms with Crippen molar-refractivity contribution in [1.29, 1.82) is 0 Å². The van der Waals surface area contributed by atoms with E-state index in [9.17, 15) is 9.90 Å². The molecule has 0 saturated carbocycles. The summed E-state index contributed by atoms with van der Waals surface area (Å²) in [6.45, 7) is 1.96. The quantitative estimate of drug-likeness (QED) is 0.902. The maximum atomic E-state index is 12.8. The van der Waals surface area contributed by atoms with E-state index in [4.69, 9.17) is 0 Å². The van der Waals surface area contributed by atoms with Crippen LogP contribution in [0.4, 0.5) is 5.82 Å². The highest BCUT2D eigenvalue weighted by atomic mass is 32.1. The molecular formula is C15H18N4O2S. The van der Waals surface area contributed by atoms with Crippen molar-refractivity contribution in [2.75, 3.05) is 24.5 Å². The number of aliphatic hydroxyl groups is 1. The van der Waals surface area contributed by atoms with E-state index in [0.29, 0.717) is 19.5 Å². The number of hydrogen-bond donors (Lipinski definition) is 1. The van der Waals surface area contributed by atoms with Gasteiger partial charge in [0, 0.05) is 19.6 Å². The summed E-state index contributed by atoms with van der Waals surface area (Å²) < 4.78 is 0. The number of hydrogen-bond acceptors (Lipinski definition) is 6. The molecule has 1 amide bonds. The summed E-state index contributed by atoms with van der Waals surface area (Å²) in [6.07, 6.45) is 3.72. The highest BCUT2D eigenvalue weighted by molar-refractivity contribution is 7.16. The zero-order valence-electron chi connectivity index (χ0n) is 12.2. The van der Waals surface area contributed by atoms with Crippen LogP contribution in [0.1, 0.15) is 19.3 Å². The van der Waals surface area contributed by atoms with Gasteiger partial charge >= 0.3 is 0 Å². The molecule has 0 aromatic carbocycles. The predicted octanol–water partition coefficient (Wildman–Crippen LogP) is 1.25. The van der Waals surface area contributed by atoms with Crippen LogP contribution in [-0.2, 0) is 4.79 Å². The lowest BCUT2D eigenvalue weighted by Crippen LogP contribution is -2.45. The third-order valence-electron chi connectivity index (χ3n) is 4.53. The molecule has 2 atom stereocenters. The third-order valence-corrected chi connectivity index (χ3v) is 5.35. The minimum atomic E-state index is -0.374. The highest BCUT2D eigenvalue weighted by Crippen LogP contribution is 2.32. The van der Waals surface area contributed by atoms with E-state index in [1.165, 1.54) is 0 Å². The number of rotatable bonds is 2. The van der Waals surface area contributed by atoms with Crippen LogP contribution in [0, 0.1) is 0 Å². The molecule has 116 valence electrons. The first kappa shape index (κ1) is 13.9. The molecule has 2 aromatic heterocycles. The number of fused-ring (bicyclic) bond motifs is 1. The normalized spacial score (nSPS) is 25.3. The second-order valence-corrected chi connectivity index (χ2v) is 6.81. The Labute approximate surface area is 132 Å². The summed E-state index contributed by atoms with van der Waals surface area (Å²) in [6, 6.07) is 1.86. The molecule has 2 aromatic rings. The maximum Gasteiger partial charge on any atom is 0.245 e. The van der Waals surface area contributed by atoms with E-state index in [2.05, 4.69) is 14.9 Å². The minimum absolute atomic E-state index is 0.121. The van der Waals surface area contributed by atoms with E-state index < -0.39 is 0 Å². The smallest absolute Gasteiger partial charge is 0.245 e. The average Bonchev–Trinajstić information content (AvgIpc) is 3.25. The van der Waals surface area contributed by atoms with E-state index in [1.54, 1.807) is 22.6 Å². The third kappa shape index (κ3) is 2.24. The predicted molar refractivity (Wildman–Crippen MR) is 85.0 cm³/mol. The van der Waals surface area contributed by atoms with Crippen molar-refractivity contribution in [2.45, 2.75) is 31.4 Å². The van der Waals surface area contributed by atoms with Crippen LogP contribution in [0.3, 0.4) is 0 Å². The van der Waals surface area contributed by atoms with Gasteiger partial charge in [0.15, 0.2) is 0 Å². The second kappa shape index (κ2) is 5.48. The fourth-order valence-electron chi connectivity index (χ4n) is 3.44. The van der Waals surface area contributed by atoms with Gasteiger partial charge in [0.25, 0.3) is 0 Å². The number of β-amino-alcohol motifs (C(OH)–C–C–N with tert-alkyl or cyclic N) is 1. The monoisotopic (exact) mass is 318 g/mol. The summed E-state index contributed by atoms with van der Waals surface area (Å²) >= 11 is 1.59. The Kier molecular flexibility index (Phi) is 3.46. The zero-order valence-corrected chi connectivity index (χ0v) is 13.0. The van der Waals surface area contributed by atoms with Crippen LogP contribution in [0.25, 0.3) is 10.2 Å². The SMILES string of the molecule is O=C(C1CCCN1c1ncnc2sccc12)N1CC[C@H](O)C1. The van der Waals surface area contributed by atoms with Gasteiger partial charge in [-0.05, 0) is 30.7 Å². The molecule has 6 nitrogen and oxygen atoms in total. The number of anilines is 1. The van der Waals surface area contributed by atoms with Gasteiger partial charge in [0.1, 0.15) is 23.0 Å². The molecule has 2 saturated heterocycles. The van der Waals surface area contributed by atoms with Crippen LogP contribution >= 0.6 is 11.3 Å². The van der Waals surface area contributed by atoms with Crippen molar-refractivity contribution >= 4 is 33.3 Å². The molecule has 4 rings (SSSR count). The van der Waals surface area contributed by atoms with Crippen LogP contribution in [0.15, 0.2) is 17.8 Å². The Morgan fingerprint density at radius 1 is 1.32 bits per heavy atom. The number of aliphatic hydroxyl groups excluding tert-OH is 1. The Morgan fingerprint density at radius 2 is 2.23 bits per heavy atom. The molecule has 0 spiro atoms. The number of nitrogens with zero attached hydrogens (tertiary/aromatic N) is 4. The number of thiophene rings is 1. The van der Waals surface area contributed by atoms with Gasteiger partial charge in [-0.25, -0.2) is 9.97 Å². The molecule has 2 aliphatic heterocycles. The summed E-state index contributed by atoms with van der Waals surface area (Å²) in [5.41, 5.74) is 0. The zero-order chi connectivity index (χ0) is 15.1. The topological polar surface area (TPSA) is 69.6 Å². The number of likely N-dealkylation sites (tertiary alicyclic amines) is 1. The van der Waals surface area contributed by atoms with E-state index >= 15 is 0 Å². The molecule has 7 heteroatoms. The van der Waals surface area contributed by atoms with E-state index in [-0.39, 0.29) is 18.1 Å². The number of amides is 1. The Bertz CT molecular complexity index is 704. The molecule has 2 fully saturated rings. The van der Waals surface area contributed by atoms with Gasteiger partial charge in [-0.2, -0.15) is 0 Å². The number of carbonyl (C=O) groups is 1. The molecule has 2 aliphatic rings. The highest BCUT2D eigenvalue weighted by Gasteiger charge is 2.37. The van der Waals surface area contributed by atoms with Crippen molar-refractivity contribution in [3.8, 4) is 0 Å². The molecule has 0 aliphatic carbocycles. The first-order valence-electron chi connectivity index (χ1n) is 7.66. The first-order chi connectivity index (χ1) is 10.7. The van der Waals surface area contributed by atoms with Crippen molar-refractivity contribution in [2.24, 2.45) is 0 Å². The van der Waals surface area contributed by atoms with E-state index in [1.807, 2.05) is 11.4 Å². The summed E-state index contributed by atoms with van der Waals surface area (Å²) in [7, 11) is 0.